The number of rotatable bonds is 8. The topological polar surface area (TPSA) is 119 Å². The standard InChI is InChI=1S/C13H23N5O3S.2ClH/c1-21-8-13-17-11(9-5-10(14)6-9)7-12(18-13)15-3-4-16-22(2,19)20;;/h7,9-10,16H,3-6,8,14H2,1-2H3,(H,15,17,18);2*1H. The summed E-state index contributed by atoms with van der Waals surface area (Å²) in [6.45, 7) is 1.08. The Bertz CT molecular complexity index is 612. The van der Waals surface area contributed by atoms with Crippen molar-refractivity contribution < 1.29 is 13.2 Å². The second kappa shape index (κ2) is 10.3. The maximum Gasteiger partial charge on any atom is 0.208 e. The Balaban J connectivity index is 0.00000264. The Hall–Kier alpha value is -0.710. The molecular formula is C13H25Cl2N5O3S. The molecule has 0 atom stereocenters. The molecule has 0 amide bonds. The maximum atomic E-state index is 11.0. The van der Waals surface area contributed by atoms with Gasteiger partial charge in [0, 0.05) is 43.9 Å². The highest BCUT2D eigenvalue weighted by Gasteiger charge is 2.29. The van der Waals surface area contributed by atoms with Gasteiger partial charge in [-0.2, -0.15) is 0 Å². The molecule has 140 valence electrons. The molecule has 0 saturated heterocycles. The van der Waals surface area contributed by atoms with E-state index in [4.69, 9.17) is 10.5 Å². The Labute approximate surface area is 155 Å². The number of ether oxygens (including phenoxy) is 1. The van der Waals surface area contributed by atoms with Crippen molar-refractivity contribution in [3.05, 3.63) is 17.6 Å². The molecule has 1 aliphatic carbocycles. The van der Waals surface area contributed by atoms with Crippen molar-refractivity contribution in [2.24, 2.45) is 5.73 Å². The first-order chi connectivity index (χ1) is 10.4. The van der Waals surface area contributed by atoms with Crippen LogP contribution >= 0.6 is 24.8 Å². The van der Waals surface area contributed by atoms with Gasteiger partial charge in [0.05, 0.1) is 6.26 Å². The molecule has 0 radical (unpaired) electrons. The molecule has 0 aliphatic heterocycles. The van der Waals surface area contributed by atoms with Crippen LogP contribution in [0, 0.1) is 0 Å². The SMILES string of the molecule is COCc1nc(NCCNS(C)(=O)=O)cc(C2CC(N)C2)n1.Cl.Cl. The summed E-state index contributed by atoms with van der Waals surface area (Å²) in [5.74, 6) is 1.65. The second-order valence-corrected chi connectivity index (χ2v) is 7.38. The van der Waals surface area contributed by atoms with Gasteiger partial charge in [0.15, 0.2) is 5.82 Å². The largest absolute Gasteiger partial charge is 0.377 e. The molecule has 2 rings (SSSR count). The normalized spacial score (nSPS) is 19.6. The molecule has 1 aromatic heterocycles. The third-order valence-corrected chi connectivity index (χ3v) is 4.18. The number of hydrogen-bond acceptors (Lipinski definition) is 7. The number of sulfonamides is 1. The number of hydrogen-bond donors (Lipinski definition) is 3. The number of nitrogens with zero attached hydrogens (tertiary/aromatic N) is 2. The van der Waals surface area contributed by atoms with Gasteiger partial charge in [-0.1, -0.05) is 0 Å². The van der Waals surface area contributed by atoms with Crippen molar-refractivity contribution in [2.45, 2.75) is 31.4 Å². The predicted octanol–water partition coefficient (Wildman–Crippen LogP) is 0.632. The lowest BCUT2D eigenvalue weighted by atomic mass is 9.78. The molecule has 1 aliphatic rings. The molecule has 24 heavy (non-hydrogen) atoms. The van der Waals surface area contributed by atoms with Crippen molar-refractivity contribution in [1.82, 2.24) is 14.7 Å². The Morgan fingerprint density at radius 2 is 1.96 bits per heavy atom. The highest BCUT2D eigenvalue weighted by molar-refractivity contribution is 7.88. The van der Waals surface area contributed by atoms with Crippen LogP contribution < -0.4 is 15.8 Å². The minimum Gasteiger partial charge on any atom is -0.377 e. The van der Waals surface area contributed by atoms with Crippen LogP contribution in [0.4, 0.5) is 5.82 Å². The molecule has 1 heterocycles. The zero-order valence-electron chi connectivity index (χ0n) is 13.7. The minimum atomic E-state index is -3.17. The molecule has 0 aromatic carbocycles. The molecule has 8 nitrogen and oxygen atoms in total. The zero-order valence-corrected chi connectivity index (χ0v) is 16.1. The van der Waals surface area contributed by atoms with Gasteiger partial charge in [-0.15, -0.1) is 24.8 Å². The summed E-state index contributed by atoms with van der Waals surface area (Å²) in [6.07, 6.45) is 2.99. The van der Waals surface area contributed by atoms with Crippen LogP contribution in [0.1, 0.15) is 30.3 Å². The van der Waals surface area contributed by atoms with Crippen molar-refractivity contribution in [3.8, 4) is 0 Å². The van der Waals surface area contributed by atoms with E-state index >= 15 is 0 Å². The number of anilines is 1. The monoisotopic (exact) mass is 401 g/mol. The first-order valence-electron chi connectivity index (χ1n) is 7.18. The molecule has 1 saturated carbocycles. The number of aromatic nitrogens is 2. The van der Waals surface area contributed by atoms with Crippen LogP contribution in [0.2, 0.25) is 0 Å². The first-order valence-corrected chi connectivity index (χ1v) is 9.07. The van der Waals surface area contributed by atoms with Gasteiger partial charge in [-0.3, -0.25) is 0 Å². The smallest absolute Gasteiger partial charge is 0.208 e. The lowest BCUT2D eigenvalue weighted by Crippen LogP contribution is -2.35. The number of nitrogens with two attached hydrogens (primary N) is 1. The molecule has 1 fully saturated rings. The van der Waals surface area contributed by atoms with Gasteiger partial charge in [-0.05, 0) is 12.8 Å². The van der Waals surface area contributed by atoms with Gasteiger partial charge in [0.25, 0.3) is 0 Å². The molecular weight excluding hydrogens is 377 g/mol. The number of methoxy groups -OCH3 is 1. The summed E-state index contributed by atoms with van der Waals surface area (Å²) < 4.78 is 29.5. The fraction of sp³-hybridized carbons (Fsp3) is 0.692. The summed E-state index contributed by atoms with van der Waals surface area (Å²) in [4.78, 5) is 8.87. The summed E-state index contributed by atoms with van der Waals surface area (Å²) in [6, 6.07) is 2.15. The van der Waals surface area contributed by atoms with E-state index < -0.39 is 10.0 Å². The Morgan fingerprint density at radius 1 is 1.29 bits per heavy atom. The van der Waals surface area contributed by atoms with E-state index in [9.17, 15) is 8.42 Å². The van der Waals surface area contributed by atoms with E-state index in [1.807, 2.05) is 6.07 Å². The molecule has 0 bridgehead atoms. The third-order valence-electron chi connectivity index (χ3n) is 3.45. The fourth-order valence-corrected chi connectivity index (χ4v) is 2.81. The van der Waals surface area contributed by atoms with E-state index in [2.05, 4.69) is 20.0 Å². The quantitative estimate of drug-likeness (QED) is 0.546. The molecule has 0 spiro atoms. The maximum absolute atomic E-state index is 11.0. The highest BCUT2D eigenvalue weighted by atomic mass is 35.5. The molecule has 1 aromatic rings. The van der Waals surface area contributed by atoms with Gasteiger partial charge in [-0.25, -0.2) is 23.1 Å². The molecule has 4 N–H and O–H groups in total. The highest BCUT2D eigenvalue weighted by Crippen LogP contribution is 2.35. The lowest BCUT2D eigenvalue weighted by molar-refractivity contribution is 0.177. The average Bonchev–Trinajstić information content (AvgIpc) is 2.39. The van der Waals surface area contributed by atoms with E-state index in [-0.39, 0.29) is 30.9 Å². The van der Waals surface area contributed by atoms with Crippen LogP contribution in [0.5, 0.6) is 0 Å². The van der Waals surface area contributed by atoms with Gasteiger partial charge >= 0.3 is 0 Å². The summed E-state index contributed by atoms with van der Waals surface area (Å²) >= 11 is 0. The van der Waals surface area contributed by atoms with Crippen LogP contribution in [0.25, 0.3) is 0 Å². The van der Waals surface area contributed by atoms with Gasteiger partial charge in [0.1, 0.15) is 12.4 Å². The number of nitrogens with one attached hydrogen (secondary N) is 2. The van der Waals surface area contributed by atoms with Crippen molar-refractivity contribution in [1.29, 1.82) is 0 Å². The number of halogens is 2. The van der Waals surface area contributed by atoms with Crippen LogP contribution in [-0.2, 0) is 21.4 Å². The van der Waals surface area contributed by atoms with Crippen molar-refractivity contribution >= 4 is 40.7 Å². The first kappa shape index (κ1) is 23.3. The van der Waals surface area contributed by atoms with Crippen LogP contribution in [-0.4, -0.2) is 50.9 Å². The van der Waals surface area contributed by atoms with Crippen LogP contribution in [0.3, 0.4) is 0 Å². The Morgan fingerprint density at radius 3 is 2.50 bits per heavy atom. The van der Waals surface area contributed by atoms with Crippen molar-refractivity contribution in [3.63, 3.8) is 0 Å². The second-order valence-electron chi connectivity index (χ2n) is 5.55. The fourth-order valence-electron chi connectivity index (χ4n) is 2.34. The molecule has 0 unspecified atom stereocenters. The minimum absolute atomic E-state index is 0. The van der Waals surface area contributed by atoms with E-state index in [0.29, 0.717) is 37.3 Å². The van der Waals surface area contributed by atoms with Crippen molar-refractivity contribution in [2.75, 3.05) is 31.8 Å². The Kier molecular flexibility index (Phi) is 10.0. The van der Waals surface area contributed by atoms with E-state index in [1.165, 1.54) is 0 Å². The van der Waals surface area contributed by atoms with Gasteiger partial charge < -0.3 is 15.8 Å². The zero-order chi connectivity index (χ0) is 16.2. The average molecular weight is 402 g/mol. The lowest BCUT2D eigenvalue weighted by Gasteiger charge is -2.32. The summed E-state index contributed by atoms with van der Waals surface area (Å²) in [5, 5.41) is 3.11. The third kappa shape index (κ3) is 7.45. The van der Waals surface area contributed by atoms with Gasteiger partial charge in [0.2, 0.25) is 10.0 Å². The predicted molar refractivity (Wildman–Crippen MR) is 98.5 cm³/mol. The van der Waals surface area contributed by atoms with E-state index in [1.54, 1.807) is 7.11 Å². The summed E-state index contributed by atoms with van der Waals surface area (Å²) in [5.41, 5.74) is 6.79. The molecule has 11 heteroatoms. The van der Waals surface area contributed by atoms with E-state index in [0.717, 1.165) is 24.8 Å². The van der Waals surface area contributed by atoms with Crippen LogP contribution in [0.15, 0.2) is 6.07 Å². The summed E-state index contributed by atoms with van der Waals surface area (Å²) in [7, 11) is -1.58.